The van der Waals surface area contributed by atoms with Crippen molar-refractivity contribution >= 4 is 35.7 Å². The highest BCUT2D eigenvalue weighted by molar-refractivity contribution is 5.86. The van der Waals surface area contributed by atoms with Gasteiger partial charge < -0.3 is 52.5 Å². The quantitative estimate of drug-likeness (QED) is 0.0292. The lowest BCUT2D eigenvalue weighted by molar-refractivity contribution is -0.145. The van der Waals surface area contributed by atoms with E-state index in [-0.39, 0.29) is 49.7 Å². The molecule has 2 rings (SSSR count). The second-order valence-corrected chi connectivity index (χ2v) is 13.8. The number of carbonyl (C=O) groups is 4. The van der Waals surface area contributed by atoms with E-state index in [0.717, 1.165) is 43.2 Å². The van der Waals surface area contributed by atoms with Crippen molar-refractivity contribution in [1.82, 2.24) is 10.6 Å². The summed E-state index contributed by atoms with van der Waals surface area (Å²) in [5, 5.41) is 5.42. The molecule has 0 aliphatic heterocycles. The fourth-order valence-electron chi connectivity index (χ4n) is 6.40. The van der Waals surface area contributed by atoms with Crippen molar-refractivity contribution in [2.45, 2.75) is 103 Å². The number of allylic oxidation sites excluding steroid dienone is 3. The Hall–Kier alpha value is -5.28. The number of rotatable bonds is 24. The zero-order valence-electron chi connectivity index (χ0n) is 33.1. The summed E-state index contributed by atoms with van der Waals surface area (Å²) in [6.45, 7) is 10.2. The maximum absolute atomic E-state index is 13.3. The molecule has 0 spiro atoms. The number of nitrogens with one attached hydrogen (secondary N) is 2. The molecule has 0 saturated heterocycles. The van der Waals surface area contributed by atoms with Crippen LogP contribution >= 0.6 is 0 Å². The Morgan fingerprint density at radius 2 is 1.33 bits per heavy atom. The number of benzene rings is 1. The average molecular weight is 771 g/mol. The highest BCUT2D eigenvalue weighted by atomic mass is 16.5. The van der Waals surface area contributed by atoms with Crippen molar-refractivity contribution in [3.63, 3.8) is 0 Å². The lowest BCUT2D eigenvalue weighted by Gasteiger charge is -2.33. The van der Waals surface area contributed by atoms with Crippen LogP contribution in [-0.2, 0) is 35.1 Å². The fraction of sp³-hybridized carbons (Fsp3) is 0.590. The van der Waals surface area contributed by atoms with Crippen molar-refractivity contribution in [2.24, 2.45) is 38.8 Å². The molecule has 0 saturated carbocycles. The van der Waals surface area contributed by atoms with Crippen LogP contribution in [0.1, 0.15) is 95.6 Å². The molecule has 10 N–H and O–H groups in total. The number of nitrogens with zero attached hydrogens (tertiary/aromatic N) is 2. The molecule has 0 bridgehead atoms. The minimum Gasteiger partial charge on any atom is -0.483 e. The van der Waals surface area contributed by atoms with Gasteiger partial charge in [-0.3, -0.25) is 19.6 Å². The Morgan fingerprint density at radius 3 is 1.75 bits per heavy atom. The molecule has 1 aromatic rings. The van der Waals surface area contributed by atoms with E-state index in [1.165, 1.54) is 19.8 Å². The number of methoxy groups -OCH3 is 2. The molecule has 4 atom stereocenters. The van der Waals surface area contributed by atoms with Crippen LogP contribution in [0, 0.1) is 5.92 Å². The molecule has 1 aliphatic carbocycles. The average Bonchev–Trinajstić information content (AvgIpc) is 3.14. The number of guanidine groups is 2. The van der Waals surface area contributed by atoms with Crippen LogP contribution < -0.4 is 43.0 Å². The third-order valence-electron chi connectivity index (χ3n) is 9.20. The van der Waals surface area contributed by atoms with Crippen LogP contribution in [0.15, 0.2) is 45.9 Å². The van der Waals surface area contributed by atoms with Gasteiger partial charge in [-0.15, -0.1) is 0 Å². The van der Waals surface area contributed by atoms with E-state index in [2.05, 4.69) is 47.1 Å². The molecule has 16 nitrogen and oxygen atoms in total. The number of ether oxygens (including phenoxy) is 4. The molecular formula is C39H62N8O8. The number of aliphatic imine (C=N–C) groups is 2. The zero-order chi connectivity index (χ0) is 40.9. The van der Waals surface area contributed by atoms with Gasteiger partial charge in [-0.05, 0) is 88.8 Å². The van der Waals surface area contributed by atoms with E-state index in [4.69, 9.17) is 41.9 Å². The highest BCUT2D eigenvalue weighted by Crippen LogP contribution is 2.47. The number of nitrogens with two attached hydrogens (primary N) is 4. The summed E-state index contributed by atoms with van der Waals surface area (Å²) >= 11 is 0. The van der Waals surface area contributed by atoms with Gasteiger partial charge in [0.1, 0.15) is 23.6 Å². The number of hydrogen-bond acceptors (Lipinski definition) is 10. The Kier molecular flexibility index (Phi) is 20.2. The normalized spacial score (nSPS) is 16.0. The molecular weight excluding hydrogens is 708 g/mol. The number of unbranched alkanes of at least 4 members (excludes halogenated alkanes) is 2. The fourth-order valence-corrected chi connectivity index (χ4v) is 6.40. The van der Waals surface area contributed by atoms with Crippen molar-refractivity contribution in [3.05, 3.63) is 47.1 Å². The molecule has 0 aromatic heterocycles. The first kappa shape index (κ1) is 45.9. The van der Waals surface area contributed by atoms with Crippen molar-refractivity contribution in [1.29, 1.82) is 0 Å². The SMILES string of the molecule is C=C(C)[C@@H]1CCC(C)=C[C@H]1c1c(OCC(=O)N[C@@H](CCCN=C(N)N)C(=O)OC)cc(CCCCC)cc1OCC(=O)N[C@@H](CCCN=C(N)N)C(=O)OC. The molecule has 306 valence electrons. The highest BCUT2D eigenvalue weighted by Gasteiger charge is 2.32. The summed E-state index contributed by atoms with van der Waals surface area (Å²) in [4.78, 5) is 59.6. The lowest BCUT2D eigenvalue weighted by Crippen LogP contribution is -2.43. The van der Waals surface area contributed by atoms with E-state index < -0.39 is 49.1 Å². The molecule has 2 amide bonds. The molecule has 0 unspecified atom stereocenters. The summed E-state index contributed by atoms with van der Waals surface area (Å²) < 4.78 is 22.5. The Bertz CT molecular complexity index is 1470. The molecule has 0 heterocycles. The Labute approximate surface area is 324 Å². The van der Waals surface area contributed by atoms with Gasteiger partial charge in [0.2, 0.25) is 0 Å². The van der Waals surface area contributed by atoms with Gasteiger partial charge in [-0.25, -0.2) is 9.59 Å². The van der Waals surface area contributed by atoms with E-state index in [1.54, 1.807) is 0 Å². The summed E-state index contributed by atoms with van der Waals surface area (Å²) in [6, 6.07) is 1.94. The number of amides is 2. The maximum atomic E-state index is 13.3. The molecule has 1 aliphatic rings. The lowest BCUT2D eigenvalue weighted by atomic mass is 9.73. The molecule has 0 fully saturated rings. The van der Waals surface area contributed by atoms with E-state index in [9.17, 15) is 19.2 Å². The van der Waals surface area contributed by atoms with Crippen LogP contribution in [-0.4, -0.2) is 88.3 Å². The number of carbonyl (C=O) groups excluding carboxylic acids is 4. The molecule has 0 radical (unpaired) electrons. The third-order valence-corrected chi connectivity index (χ3v) is 9.20. The van der Waals surface area contributed by atoms with Gasteiger partial charge in [-0.1, -0.05) is 43.6 Å². The van der Waals surface area contributed by atoms with E-state index in [1.807, 2.05) is 19.1 Å². The second-order valence-electron chi connectivity index (χ2n) is 13.8. The predicted molar refractivity (Wildman–Crippen MR) is 212 cm³/mol. The minimum absolute atomic E-state index is 0.0184. The molecule has 1 aromatic carbocycles. The first-order valence-corrected chi connectivity index (χ1v) is 18.8. The second kappa shape index (κ2) is 24.2. The van der Waals surface area contributed by atoms with Gasteiger partial charge in [0.25, 0.3) is 11.8 Å². The summed E-state index contributed by atoms with van der Waals surface area (Å²) in [5.41, 5.74) is 25.3. The minimum atomic E-state index is -0.940. The van der Waals surface area contributed by atoms with Crippen LogP contribution in [0.5, 0.6) is 11.5 Å². The predicted octanol–water partition coefficient (Wildman–Crippen LogP) is 2.62. The van der Waals surface area contributed by atoms with Crippen LogP contribution in [0.4, 0.5) is 0 Å². The standard InChI is InChI=1S/C39H62N8O8/c1-7-8-9-12-26-20-31(54-22-33(48)46-29(36(50)52-5)13-10-17-44-38(40)41)35(28-19-25(4)15-16-27(28)24(2)3)32(21-26)55-23-34(49)47-30(37(51)53-6)14-11-18-45-39(42)43/h19-21,27-30H,2,7-18,22-23H2,1,3-6H3,(H,46,48)(H,47,49)(H4,40,41,44)(H4,42,43,45)/t27-,28+,29-,30-/m0/s1. The largest absolute Gasteiger partial charge is 0.483 e. The smallest absolute Gasteiger partial charge is 0.328 e. The number of hydrogen-bond donors (Lipinski definition) is 6. The topological polar surface area (TPSA) is 258 Å². The van der Waals surface area contributed by atoms with Crippen LogP contribution in [0.3, 0.4) is 0 Å². The summed E-state index contributed by atoms with van der Waals surface area (Å²) in [7, 11) is 2.49. The maximum Gasteiger partial charge on any atom is 0.328 e. The number of aryl methyl sites for hydroxylation is 1. The Balaban J connectivity index is 2.50. The van der Waals surface area contributed by atoms with Crippen molar-refractivity contribution in [2.75, 3.05) is 40.5 Å². The monoisotopic (exact) mass is 770 g/mol. The first-order chi connectivity index (χ1) is 26.2. The van der Waals surface area contributed by atoms with Gasteiger partial charge in [0.05, 0.1) is 14.2 Å². The van der Waals surface area contributed by atoms with Crippen molar-refractivity contribution < 1.29 is 38.1 Å². The van der Waals surface area contributed by atoms with Crippen LogP contribution in [0.25, 0.3) is 0 Å². The zero-order valence-corrected chi connectivity index (χ0v) is 33.1. The first-order valence-electron chi connectivity index (χ1n) is 18.8. The van der Waals surface area contributed by atoms with Gasteiger partial charge in [-0.2, -0.15) is 0 Å². The molecule has 55 heavy (non-hydrogen) atoms. The van der Waals surface area contributed by atoms with Crippen molar-refractivity contribution in [3.8, 4) is 11.5 Å². The van der Waals surface area contributed by atoms with Gasteiger partial charge in [0, 0.05) is 24.6 Å². The summed E-state index contributed by atoms with van der Waals surface area (Å²) in [5.74, 6) is -1.84. The Morgan fingerprint density at radius 1 is 0.836 bits per heavy atom. The summed E-state index contributed by atoms with van der Waals surface area (Å²) in [6.07, 6.45) is 8.81. The third kappa shape index (κ3) is 16.3. The van der Waals surface area contributed by atoms with Crippen LogP contribution in [0.2, 0.25) is 0 Å². The number of esters is 2. The van der Waals surface area contributed by atoms with E-state index >= 15 is 0 Å². The van der Waals surface area contributed by atoms with Gasteiger partial charge in [0.15, 0.2) is 25.1 Å². The molecule has 16 heteroatoms. The van der Waals surface area contributed by atoms with E-state index in [0.29, 0.717) is 36.3 Å². The van der Waals surface area contributed by atoms with Gasteiger partial charge >= 0.3 is 11.9 Å².